The lowest BCUT2D eigenvalue weighted by Gasteiger charge is -2.46. The van der Waals surface area contributed by atoms with Crippen LogP contribution in [0.2, 0.25) is 0 Å². The largest absolute Gasteiger partial charge is 0.341 e. The third-order valence-corrected chi connectivity index (χ3v) is 5.01. The molecule has 1 saturated carbocycles. The van der Waals surface area contributed by atoms with E-state index in [0.29, 0.717) is 12.1 Å². The molecule has 1 aliphatic carbocycles. The Kier molecular flexibility index (Phi) is 3.97. The highest BCUT2D eigenvalue weighted by Gasteiger charge is 2.33. The normalized spacial score (nSPS) is 20.4. The first-order valence-electron chi connectivity index (χ1n) is 7.86. The molecule has 0 amide bonds. The Labute approximate surface area is 127 Å². The van der Waals surface area contributed by atoms with Crippen molar-refractivity contribution in [3.05, 3.63) is 29.8 Å². The van der Waals surface area contributed by atoms with Crippen molar-refractivity contribution in [3.8, 4) is 0 Å². The van der Waals surface area contributed by atoms with Crippen LogP contribution in [0.25, 0.3) is 0 Å². The number of fused-ring (bicyclic) bond motifs is 1. The lowest BCUT2D eigenvalue weighted by molar-refractivity contribution is 0.233. The van der Waals surface area contributed by atoms with Gasteiger partial charge >= 0.3 is 0 Å². The van der Waals surface area contributed by atoms with E-state index in [0.717, 1.165) is 11.7 Å². The molecule has 20 heavy (non-hydrogen) atoms. The van der Waals surface area contributed by atoms with Crippen LogP contribution in [0, 0.1) is 0 Å². The molecule has 0 atom stereocenters. The van der Waals surface area contributed by atoms with Gasteiger partial charge < -0.3 is 9.80 Å². The number of para-hydroxylation sites is 1. The summed E-state index contributed by atoms with van der Waals surface area (Å²) >= 11 is 5.83. The van der Waals surface area contributed by atoms with Crippen molar-refractivity contribution >= 4 is 23.0 Å². The Bertz CT molecular complexity index is 492. The molecule has 108 valence electrons. The van der Waals surface area contributed by atoms with Gasteiger partial charge in [0.25, 0.3) is 0 Å². The molecule has 0 aromatic heterocycles. The van der Waals surface area contributed by atoms with Crippen molar-refractivity contribution in [3.63, 3.8) is 0 Å². The zero-order chi connectivity index (χ0) is 14.1. The number of benzene rings is 1. The topological polar surface area (TPSA) is 6.48 Å². The predicted octanol–water partition coefficient (Wildman–Crippen LogP) is 4.33. The zero-order valence-corrected chi connectivity index (χ0v) is 13.3. The van der Waals surface area contributed by atoms with E-state index >= 15 is 0 Å². The number of thiocarbonyl (C=S) groups is 1. The van der Waals surface area contributed by atoms with Crippen molar-refractivity contribution < 1.29 is 0 Å². The van der Waals surface area contributed by atoms with Crippen molar-refractivity contribution in [2.24, 2.45) is 0 Å². The molecule has 3 heteroatoms. The standard InChI is InChI=1S/C17H24N2S/c1-13(2)19-16-11-7-6-8-14(16)12-18(17(19)20)15-9-4-3-5-10-15/h6-8,11,13,15H,3-5,9-10,12H2,1-2H3. The molecule has 1 heterocycles. The fourth-order valence-corrected chi connectivity index (χ4v) is 4.07. The highest BCUT2D eigenvalue weighted by atomic mass is 32.1. The fourth-order valence-electron chi connectivity index (χ4n) is 3.55. The van der Waals surface area contributed by atoms with Crippen LogP contribution in [0.15, 0.2) is 24.3 Å². The Hall–Kier alpha value is -1.09. The van der Waals surface area contributed by atoms with Gasteiger partial charge in [-0.1, -0.05) is 37.5 Å². The van der Waals surface area contributed by atoms with Gasteiger partial charge in [-0.15, -0.1) is 0 Å². The van der Waals surface area contributed by atoms with Crippen LogP contribution in [0.5, 0.6) is 0 Å². The second-order valence-corrected chi connectivity index (χ2v) is 6.66. The van der Waals surface area contributed by atoms with E-state index in [1.807, 2.05) is 0 Å². The monoisotopic (exact) mass is 288 g/mol. The maximum atomic E-state index is 5.83. The summed E-state index contributed by atoms with van der Waals surface area (Å²) in [7, 11) is 0. The number of anilines is 1. The van der Waals surface area contributed by atoms with Crippen LogP contribution in [-0.2, 0) is 6.54 Å². The van der Waals surface area contributed by atoms with E-state index < -0.39 is 0 Å². The molecular weight excluding hydrogens is 264 g/mol. The van der Waals surface area contributed by atoms with Gasteiger partial charge in [-0.2, -0.15) is 0 Å². The summed E-state index contributed by atoms with van der Waals surface area (Å²) < 4.78 is 0. The van der Waals surface area contributed by atoms with E-state index in [9.17, 15) is 0 Å². The third-order valence-electron chi connectivity index (χ3n) is 4.58. The van der Waals surface area contributed by atoms with E-state index in [4.69, 9.17) is 12.2 Å². The molecular formula is C17H24N2S. The van der Waals surface area contributed by atoms with Gasteiger partial charge in [0.1, 0.15) is 0 Å². The fraction of sp³-hybridized carbons (Fsp3) is 0.588. The van der Waals surface area contributed by atoms with Gasteiger partial charge in [0.05, 0.1) is 0 Å². The third kappa shape index (κ3) is 2.44. The zero-order valence-electron chi connectivity index (χ0n) is 12.5. The van der Waals surface area contributed by atoms with Gasteiger partial charge in [-0.25, -0.2) is 0 Å². The molecule has 0 N–H and O–H groups in total. The Morgan fingerprint density at radius 1 is 1.10 bits per heavy atom. The molecule has 3 rings (SSSR count). The quantitative estimate of drug-likeness (QED) is 0.748. The summed E-state index contributed by atoms with van der Waals surface area (Å²) in [6.07, 6.45) is 6.70. The summed E-state index contributed by atoms with van der Waals surface area (Å²) in [6.45, 7) is 5.45. The summed E-state index contributed by atoms with van der Waals surface area (Å²) in [5.41, 5.74) is 2.72. The first-order chi connectivity index (χ1) is 9.68. The summed E-state index contributed by atoms with van der Waals surface area (Å²) in [5.74, 6) is 0. The van der Waals surface area contributed by atoms with E-state index in [1.165, 1.54) is 43.4 Å². The highest BCUT2D eigenvalue weighted by molar-refractivity contribution is 7.80. The number of hydrogen-bond acceptors (Lipinski definition) is 1. The van der Waals surface area contributed by atoms with Crippen molar-refractivity contribution in [1.29, 1.82) is 0 Å². The Balaban J connectivity index is 1.93. The first kappa shape index (κ1) is 13.9. The number of hydrogen-bond donors (Lipinski definition) is 0. The molecule has 0 bridgehead atoms. The van der Waals surface area contributed by atoms with Crippen LogP contribution >= 0.6 is 12.2 Å². The average Bonchev–Trinajstić information content (AvgIpc) is 2.47. The summed E-state index contributed by atoms with van der Waals surface area (Å²) in [6, 6.07) is 9.78. The maximum Gasteiger partial charge on any atom is 0.176 e. The van der Waals surface area contributed by atoms with E-state index in [2.05, 4.69) is 47.9 Å². The smallest absolute Gasteiger partial charge is 0.176 e. The molecule has 0 unspecified atom stereocenters. The molecule has 0 saturated heterocycles. The predicted molar refractivity (Wildman–Crippen MR) is 89.1 cm³/mol. The number of nitrogens with zero attached hydrogens (tertiary/aromatic N) is 2. The minimum absolute atomic E-state index is 0.412. The molecule has 0 radical (unpaired) electrons. The van der Waals surface area contributed by atoms with Crippen LogP contribution < -0.4 is 4.90 Å². The molecule has 1 aromatic carbocycles. The first-order valence-corrected chi connectivity index (χ1v) is 8.27. The SMILES string of the molecule is CC(C)N1C(=S)N(C2CCCCC2)Cc2ccccc21. The second-order valence-electron chi connectivity index (χ2n) is 6.29. The molecule has 2 nitrogen and oxygen atoms in total. The lowest BCUT2D eigenvalue weighted by atomic mass is 9.93. The van der Waals surface area contributed by atoms with Crippen molar-refractivity contribution in [2.75, 3.05) is 4.90 Å². The molecule has 1 aliphatic heterocycles. The lowest BCUT2D eigenvalue weighted by Crippen LogP contribution is -2.53. The van der Waals surface area contributed by atoms with Crippen molar-refractivity contribution in [2.45, 2.75) is 64.6 Å². The minimum atomic E-state index is 0.412. The summed E-state index contributed by atoms with van der Waals surface area (Å²) in [5, 5.41) is 1.03. The van der Waals surface area contributed by atoms with Gasteiger partial charge in [-0.3, -0.25) is 0 Å². The maximum absolute atomic E-state index is 5.83. The summed E-state index contributed by atoms with van der Waals surface area (Å²) in [4.78, 5) is 4.82. The molecule has 2 aliphatic rings. The van der Waals surface area contributed by atoms with Gasteiger partial charge in [0.15, 0.2) is 5.11 Å². The van der Waals surface area contributed by atoms with E-state index in [1.54, 1.807) is 0 Å². The van der Waals surface area contributed by atoms with Crippen molar-refractivity contribution in [1.82, 2.24) is 4.90 Å². The average molecular weight is 288 g/mol. The van der Waals surface area contributed by atoms with Crippen LogP contribution in [0.4, 0.5) is 5.69 Å². The second kappa shape index (κ2) is 5.72. The Morgan fingerprint density at radius 2 is 1.80 bits per heavy atom. The van der Waals surface area contributed by atoms with Gasteiger partial charge in [0.2, 0.25) is 0 Å². The van der Waals surface area contributed by atoms with Crippen LogP contribution in [-0.4, -0.2) is 22.1 Å². The Morgan fingerprint density at radius 3 is 2.50 bits per heavy atom. The van der Waals surface area contributed by atoms with Gasteiger partial charge in [0, 0.05) is 24.3 Å². The van der Waals surface area contributed by atoms with Crippen LogP contribution in [0.1, 0.15) is 51.5 Å². The minimum Gasteiger partial charge on any atom is -0.341 e. The van der Waals surface area contributed by atoms with Gasteiger partial charge in [-0.05, 0) is 50.5 Å². The molecule has 0 spiro atoms. The highest BCUT2D eigenvalue weighted by Crippen LogP contribution is 2.34. The molecule has 1 fully saturated rings. The number of rotatable bonds is 2. The molecule has 1 aromatic rings. The van der Waals surface area contributed by atoms with E-state index in [-0.39, 0.29) is 0 Å². The van der Waals surface area contributed by atoms with Crippen LogP contribution in [0.3, 0.4) is 0 Å².